The van der Waals surface area contributed by atoms with Gasteiger partial charge in [0.25, 0.3) is 0 Å². The molecule has 0 radical (unpaired) electrons. The van der Waals surface area contributed by atoms with Crippen LogP contribution in [-0.2, 0) is 14.3 Å². The van der Waals surface area contributed by atoms with Crippen molar-refractivity contribution >= 4 is 11.6 Å². The zero-order chi connectivity index (χ0) is 26.2. The van der Waals surface area contributed by atoms with Gasteiger partial charge in [-0.15, -0.1) is 0 Å². The topological polar surface area (TPSA) is 152 Å². The van der Waals surface area contributed by atoms with Gasteiger partial charge >= 0.3 is 0 Å². The molecule has 10 heteroatoms. The lowest BCUT2D eigenvalue weighted by Gasteiger charge is -2.40. The van der Waals surface area contributed by atoms with E-state index >= 15 is 0 Å². The summed E-state index contributed by atoms with van der Waals surface area (Å²) in [7, 11) is 2.79. The first-order valence-electron chi connectivity index (χ1n) is 12.0. The lowest BCUT2D eigenvalue weighted by Crippen LogP contribution is -2.53. The fraction of sp³-hybridized carbons (Fsp3) is 0.407. The van der Waals surface area contributed by atoms with Gasteiger partial charge in [-0.1, -0.05) is 12.1 Å². The van der Waals surface area contributed by atoms with Crippen molar-refractivity contribution < 1.29 is 49.0 Å². The number of hydrogen-bond acceptors (Lipinski definition) is 10. The number of aliphatic hydroxyl groups is 1. The van der Waals surface area contributed by atoms with E-state index in [1.165, 1.54) is 26.4 Å². The maximum Gasteiger partial charge on any atom is 0.230 e. The molecule has 0 spiro atoms. The van der Waals surface area contributed by atoms with Gasteiger partial charge in [-0.25, -0.2) is 0 Å². The number of ketones is 2. The van der Waals surface area contributed by atoms with Crippen LogP contribution in [0.3, 0.4) is 0 Å². The minimum Gasteiger partial charge on any atom is -0.508 e. The van der Waals surface area contributed by atoms with Crippen LogP contribution in [0.2, 0.25) is 0 Å². The summed E-state index contributed by atoms with van der Waals surface area (Å²) >= 11 is 0. The van der Waals surface area contributed by atoms with Gasteiger partial charge in [0, 0.05) is 37.0 Å². The van der Waals surface area contributed by atoms with Gasteiger partial charge in [-0.2, -0.15) is 0 Å². The Morgan fingerprint density at radius 2 is 1.84 bits per heavy atom. The second-order valence-corrected chi connectivity index (χ2v) is 9.97. The van der Waals surface area contributed by atoms with Crippen molar-refractivity contribution in [1.29, 1.82) is 0 Å². The highest BCUT2D eigenvalue weighted by atomic mass is 16.6. The van der Waals surface area contributed by atoms with E-state index in [0.717, 1.165) is 11.6 Å². The number of allylic oxidation sites excluding steroid dienone is 1. The predicted octanol–water partition coefficient (Wildman–Crippen LogP) is 2.03. The van der Waals surface area contributed by atoms with E-state index in [9.17, 15) is 30.0 Å². The highest BCUT2D eigenvalue weighted by Gasteiger charge is 2.65. The number of benzene rings is 2. The number of carbonyl (C=O) groups is 2. The van der Waals surface area contributed by atoms with Gasteiger partial charge in [0.05, 0.1) is 13.7 Å². The van der Waals surface area contributed by atoms with Crippen molar-refractivity contribution in [3.63, 3.8) is 0 Å². The van der Waals surface area contributed by atoms with E-state index in [1.807, 2.05) is 0 Å². The van der Waals surface area contributed by atoms with Crippen LogP contribution >= 0.6 is 0 Å². The molecular weight excluding hydrogens is 484 g/mol. The van der Waals surface area contributed by atoms with E-state index in [1.54, 1.807) is 18.2 Å². The molecule has 2 heterocycles. The number of hydrogen-bond donors (Lipinski definition) is 4. The number of methoxy groups -OCH3 is 2. The molecule has 2 aromatic rings. The van der Waals surface area contributed by atoms with E-state index in [-0.39, 0.29) is 53.4 Å². The first-order valence-corrected chi connectivity index (χ1v) is 12.0. The normalized spacial score (nSPS) is 34.0. The number of aromatic hydroxyl groups is 3. The van der Waals surface area contributed by atoms with Crippen molar-refractivity contribution in [3.8, 4) is 28.7 Å². The SMILES string of the molecule is COc1cc([C@H]2C3CO[C@@]4(O)C(=O)[C@@H]2C=C([C@H]2Oc5cc(O)cc(O)c5C(=O)[C@@H]2OC)CC34)ccc1O. The number of carbonyl (C=O) groups excluding carboxylic acids is 2. The van der Waals surface area contributed by atoms with Crippen molar-refractivity contribution in [2.45, 2.75) is 30.3 Å². The van der Waals surface area contributed by atoms with Crippen LogP contribution in [0.15, 0.2) is 42.0 Å². The van der Waals surface area contributed by atoms with Gasteiger partial charge in [-0.05, 0) is 35.6 Å². The van der Waals surface area contributed by atoms with Crippen LogP contribution in [0.1, 0.15) is 28.3 Å². The Kier molecular flexibility index (Phi) is 5.27. The Morgan fingerprint density at radius 3 is 2.57 bits per heavy atom. The molecule has 3 aliphatic carbocycles. The zero-order valence-corrected chi connectivity index (χ0v) is 20.1. The Balaban J connectivity index is 1.46. The molecule has 7 atom stereocenters. The number of ether oxygens (including phenoxy) is 4. The Labute approximate surface area is 211 Å². The molecule has 194 valence electrons. The average molecular weight is 510 g/mol. The van der Waals surface area contributed by atoms with Crippen LogP contribution in [0, 0.1) is 17.8 Å². The van der Waals surface area contributed by atoms with Crippen molar-refractivity contribution in [1.82, 2.24) is 0 Å². The summed E-state index contributed by atoms with van der Waals surface area (Å²) in [5.74, 6) is -5.49. The minimum atomic E-state index is -1.97. The summed E-state index contributed by atoms with van der Waals surface area (Å²) in [4.78, 5) is 26.9. The number of fused-ring (bicyclic) bond motifs is 2. The fourth-order valence-corrected chi connectivity index (χ4v) is 6.51. The quantitative estimate of drug-likeness (QED) is 0.450. The Hall–Kier alpha value is -3.60. The third-order valence-corrected chi connectivity index (χ3v) is 8.18. The number of phenolic OH excluding ortho intramolecular Hbond substituents is 3. The minimum absolute atomic E-state index is 0.00220. The standard InChI is InChI=1S/C27H26O10/c1-34-19-7-11(3-4-17(19)29)21-14-5-12(6-16-15(21)10-36-27(16,33)26(14)32)24-25(35-2)23(31)22-18(30)8-13(28)9-20(22)37-24/h3-5,7-9,14-16,21,24-25,28-30,33H,6,10H2,1-2H3/t14-,15?,16?,21-,24-,25+,27-/m1/s1. The van der Waals surface area contributed by atoms with Crippen LogP contribution in [-0.4, -0.2) is 70.8 Å². The molecule has 1 saturated heterocycles. The molecule has 37 heavy (non-hydrogen) atoms. The molecule has 10 nitrogen and oxygen atoms in total. The van der Waals surface area contributed by atoms with E-state index < -0.39 is 47.1 Å². The van der Waals surface area contributed by atoms with E-state index in [0.29, 0.717) is 5.57 Å². The summed E-state index contributed by atoms with van der Waals surface area (Å²) in [6, 6.07) is 7.21. The number of phenols is 3. The van der Waals surface area contributed by atoms with E-state index in [2.05, 4.69) is 0 Å². The lowest BCUT2D eigenvalue weighted by atomic mass is 9.63. The molecule has 0 amide bonds. The lowest BCUT2D eigenvalue weighted by molar-refractivity contribution is -0.205. The van der Waals surface area contributed by atoms with Gasteiger partial charge < -0.3 is 39.4 Å². The average Bonchev–Trinajstić information content (AvgIpc) is 2.97. The first-order chi connectivity index (χ1) is 17.7. The summed E-state index contributed by atoms with van der Waals surface area (Å²) in [5.41, 5.74) is 1.24. The van der Waals surface area contributed by atoms with Gasteiger partial charge in [-0.3, -0.25) is 9.59 Å². The van der Waals surface area contributed by atoms with Crippen LogP contribution < -0.4 is 9.47 Å². The molecule has 0 aromatic heterocycles. The van der Waals surface area contributed by atoms with Gasteiger partial charge in [0.2, 0.25) is 11.6 Å². The molecule has 2 aliphatic heterocycles. The van der Waals surface area contributed by atoms with Crippen molar-refractivity contribution in [3.05, 3.63) is 53.1 Å². The predicted molar refractivity (Wildman–Crippen MR) is 126 cm³/mol. The molecule has 5 aliphatic rings. The molecule has 2 unspecified atom stereocenters. The summed E-state index contributed by atoms with van der Waals surface area (Å²) in [6.07, 6.45) is -0.156. The van der Waals surface area contributed by atoms with E-state index in [4.69, 9.17) is 18.9 Å². The molecule has 1 saturated carbocycles. The largest absolute Gasteiger partial charge is 0.508 e. The maximum atomic E-state index is 13.6. The fourth-order valence-electron chi connectivity index (χ4n) is 6.51. The summed E-state index contributed by atoms with van der Waals surface area (Å²) in [5, 5.41) is 41.6. The molecule has 4 bridgehead atoms. The Morgan fingerprint density at radius 1 is 1.05 bits per heavy atom. The number of rotatable bonds is 4. The summed E-state index contributed by atoms with van der Waals surface area (Å²) in [6.45, 7) is 0.154. The first kappa shape index (κ1) is 23.8. The number of Topliss-reactive ketones (excluding diaryl/α,β-unsaturated/α-hetero) is 2. The third kappa shape index (κ3) is 3.29. The van der Waals surface area contributed by atoms with Crippen molar-refractivity contribution in [2.24, 2.45) is 17.8 Å². The molecule has 7 rings (SSSR count). The third-order valence-electron chi connectivity index (χ3n) is 8.18. The highest BCUT2D eigenvalue weighted by molar-refractivity contribution is 6.06. The van der Waals surface area contributed by atoms with Crippen LogP contribution in [0.5, 0.6) is 28.7 Å². The molecule has 2 aromatic carbocycles. The smallest absolute Gasteiger partial charge is 0.230 e. The molecule has 2 fully saturated rings. The zero-order valence-electron chi connectivity index (χ0n) is 20.1. The highest BCUT2D eigenvalue weighted by Crippen LogP contribution is 2.58. The van der Waals surface area contributed by atoms with Gasteiger partial charge in [0.1, 0.15) is 22.8 Å². The monoisotopic (exact) mass is 510 g/mol. The van der Waals surface area contributed by atoms with Gasteiger partial charge in [0.15, 0.2) is 29.5 Å². The second-order valence-electron chi connectivity index (χ2n) is 9.97. The van der Waals surface area contributed by atoms with Crippen LogP contribution in [0.4, 0.5) is 0 Å². The van der Waals surface area contributed by atoms with Crippen molar-refractivity contribution in [2.75, 3.05) is 20.8 Å². The Bertz CT molecular complexity index is 1350. The molecule has 4 N–H and O–H groups in total. The second kappa shape index (κ2) is 8.20. The maximum absolute atomic E-state index is 13.6. The summed E-state index contributed by atoms with van der Waals surface area (Å²) < 4.78 is 22.6. The van der Waals surface area contributed by atoms with Crippen LogP contribution in [0.25, 0.3) is 0 Å². The molecular formula is C27H26O10.